The molecule has 2 aromatic carbocycles. The van der Waals surface area contributed by atoms with Gasteiger partial charge in [0.05, 0.1) is 24.0 Å². The second kappa shape index (κ2) is 8.15. The molecular formula is C20H16ClN5O5. The molecule has 2 atom stereocenters. The number of hydrogen-bond acceptors (Lipinski definition) is 8. The molecule has 4 rings (SSSR count). The summed E-state index contributed by atoms with van der Waals surface area (Å²) in [6, 6.07) is 10.5. The number of methoxy groups -OCH3 is 1. The van der Waals surface area contributed by atoms with Gasteiger partial charge in [0.1, 0.15) is 6.54 Å². The second-order valence-electron chi connectivity index (χ2n) is 6.77. The molecule has 10 nitrogen and oxygen atoms in total. The Morgan fingerprint density at radius 1 is 1.10 bits per heavy atom. The quantitative estimate of drug-likeness (QED) is 0.560. The normalized spacial score (nSPS) is 19.5. The Balaban J connectivity index is 1.49. The van der Waals surface area contributed by atoms with Crippen LogP contribution in [0.15, 0.2) is 58.9 Å². The van der Waals surface area contributed by atoms with Crippen molar-refractivity contribution >= 4 is 46.7 Å². The van der Waals surface area contributed by atoms with E-state index in [1.165, 1.54) is 13.2 Å². The molecule has 0 aliphatic carbocycles. The van der Waals surface area contributed by atoms with Crippen LogP contribution < -0.4 is 10.2 Å². The van der Waals surface area contributed by atoms with Gasteiger partial charge in [-0.05, 0) is 36.4 Å². The predicted octanol–water partition coefficient (Wildman–Crippen LogP) is 2.06. The Morgan fingerprint density at radius 2 is 1.81 bits per heavy atom. The molecule has 11 heteroatoms. The van der Waals surface area contributed by atoms with Crippen molar-refractivity contribution in [1.82, 2.24) is 5.01 Å². The number of halogens is 1. The second-order valence-corrected chi connectivity index (χ2v) is 7.20. The lowest BCUT2D eigenvalue weighted by Gasteiger charge is -2.20. The molecule has 1 saturated heterocycles. The first-order valence-electron chi connectivity index (χ1n) is 9.18. The molecule has 0 saturated carbocycles. The number of amides is 3. The zero-order valence-corrected chi connectivity index (χ0v) is 16.9. The van der Waals surface area contributed by atoms with E-state index in [9.17, 15) is 19.2 Å². The highest BCUT2D eigenvalue weighted by Gasteiger charge is 2.55. The minimum absolute atomic E-state index is 0.181. The van der Waals surface area contributed by atoms with Crippen molar-refractivity contribution in [2.45, 2.75) is 12.1 Å². The molecule has 0 radical (unpaired) electrons. The van der Waals surface area contributed by atoms with E-state index in [0.29, 0.717) is 10.7 Å². The van der Waals surface area contributed by atoms with Crippen molar-refractivity contribution in [3.8, 4) is 0 Å². The molecule has 0 unspecified atom stereocenters. The summed E-state index contributed by atoms with van der Waals surface area (Å²) in [5.74, 6) is -2.21. The fourth-order valence-electron chi connectivity index (χ4n) is 3.42. The summed E-state index contributed by atoms with van der Waals surface area (Å²) >= 11 is 5.87. The Labute approximate surface area is 181 Å². The van der Waals surface area contributed by atoms with Crippen LogP contribution in [0.2, 0.25) is 5.02 Å². The largest absolute Gasteiger partial charge is 0.465 e. The Bertz CT molecular complexity index is 1100. The van der Waals surface area contributed by atoms with Gasteiger partial charge < -0.3 is 10.1 Å². The minimum Gasteiger partial charge on any atom is -0.465 e. The predicted molar refractivity (Wildman–Crippen MR) is 109 cm³/mol. The van der Waals surface area contributed by atoms with Gasteiger partial charge in [-0.15, -0.1) is 0 Å². The number of rotatable bonds is 5. The van der Waals surface area contributed by atoms with Crippen LogP contribution in [0.4, 0.5) is 11.4 Å². The van der Waals surface area contributed by atoms with Crippen LogP contribution in [0.1, 0.15) is 10.4 Å². The first kappa shape index (κ1) is 20.5. The lowest BCUT2D eigenvalue weighted by Crippen LogP contribution is -2.43. The van der Waals surface area contributed by atoms with Gasteiger partial charge in [0, 0.05) is 5.02 Å². The molecule has 2 aliphatic heterocycles. The standard InChI is InChI=1S/C20H16ClN5O5/c1-31-20(30)13-4-2-3-5-14(13)22-15(27)10-25-17-16(23-24-25)18(28)26(19(17)29)12-8-6-11(21)7-9-12/h2-9,16-17H,10H2,1H3,(H,22,27)/t16-,17-/m0/s1. The molecule has 0 bridgehead atoms. The fourth-order valence-corrected chi connectivity index (χ4v) is 3.54. The maximum atomic E-state index is 12.9. The summed E-state index contributed by atoms with van der Waals surface area (Å²) in [5.41, 5.74) is 0.796. The highest BCUT2D eigenvalue weighted by atomic mass is 35.5. The van der Waals surface area contributed by atoms with Crippen LogP contribution in [0.3, 0.4) is 0 Å². The van der Waals surface area contributed by atoms with E-state index in [1.807, 2.05) is 0 Å². The van der Waals surface area contributed by atoms with Gasteiger partial charge in [0.15, 0.2) is 12.1 Å². The number of imide groups is 1. The van der Waals surface area contributed by atoms with E-state index in [-0.39, 0.29) is 17.8 Å². The number of benzene rings is 2. The average Bonchev–Trinajstić information content (AvgIpc) is 3.28. The SMILES string of the molecule is COC(=O)c1ccccc1NC(=O)CN1N=N[C@@H]2C(=O)N(c3ccc(Cl)cc3)C(=O)[C@H]21. The molecular weight excluding hydrogens is 426 g/mol. The summed E-state index contributed by atoms with van der Waals surface area (Å²) in [6.45, 7) is -0.340. The van der Waals surface area contributed by atoms with Gasteiger partial charge in [-0.1, -0.05) is 29.0 Å². The zero-order chi connectivity index (χ0) is 22.1. The number of nitrogens with zero attached hydrogens (tertiary/aromatic N) is 4. The van der Waals surface area contributed by atoms with Crippen LogP contribution in [-0.2, 0) is 19.1 Å². The van der Waals surface area contributed by atoms with Crippen molar-refractivity contribution < 1.29 is 23.9 Å². The third-order valence-corrected chi connectivity index (χ3v) is 5.11. The number of para-hydroxylation sites is 1. The summed E-state index contributed by atoms with van der Waals surface area (Å²) < 4.78 is 4.71. The van der Waals surface area contributed by atoms with Crippen LogP contribution in [0.25, 0.3) is 0 Å². The average molecular weight is 442 g/mol. The number of carbonyl (C=O) groups is 4. The minimum atomic E-state index is -1.03. The maximum absolute atomic E-state index is 12.9. The molecule has 2 aromatic rings. The number of hydrogen-bond donors (Lipinski definition) is 1. The van der Waals surface area contributed by atoms with E-state index < -0.39 is 35.8 Å². The number of carbonyl (C=O) groups excluding carboxylic acids is 4. The van der Waals surface area contributed by atoms with Crippen LogP contribution in [0, 0.1) is 0 Å². The molecule has 0 aromatic heterocycles. The monoisotopic (exact) mass is 441 g/mol. The lowest BCUT2D eigenvalue weighted by atomic mass is 10.1. The van der Waals surface area contributed by atoms with Crippen molar-refractivity contribution in [1.29, 1.82) is 0 Å². The van der Waals surface area contributed by atoms with Crippen molar-refractivity contribution in [2.75, 3.05) is 23.9 Å². The van der Waals surface area contributed by atoms with Crippen LogP contribution in [-0.4, -0.2) is 54.4 Å². The Kier molecular flexibility index (Phi) is 5.38. The number of fused-ring (bicyclic) bond motifs is 1. The number of ether oxygens (including phenoxy) is 1. The molecule has 158 valence electrons. The Morgan fingerprint density at radius 3 is 2.52 bits per heavy atom. The van der Waals surface area contributed by atoms with Crippen molar-refractivity contribution in [3.05, 3.63) is 59.1 Å². The van der Waals surface area contributed by atoms with E-state index in [2.05, 4.69) is 15.7 Å². The maximum Gasteiger partial charge on any atom is 0.339 e. The lowest BCUT2D eigenvalue weighted by molar-refractivity contribution is -0.123. The topological polar surface area (TPSA) is 121 Å². The summed E-state index contributed by atoms with van der Waals surface area (Å²) in [6.07, 6.45) is 0. The Hall–Kier alpha value is -3.79. The van der Waals surface area contributed by atoms with Crippen molar-refractivity contribution in [3.63, 3.8) is 0 Å². The first-order valence-corrected chi connectivity index (χ1v) is 9.56. The molecule has 2 heterocycles. The van der Waals surface area contributed by atoms with Gasteiger partial charge >= 0.3 is 5.97 Å². The third kappa shape index (κ3) is 3.73. The van der Waals surface area contributed by atoms with Gasteiger partial charge in [-0.2, -0.15) is 5.11 Å². The number of anilines is 2. The number of esters is 1. The van der Waals surface area contributed by atoms with E-state index in [4.69, 9.17) is 16.3 Å². The first-order chi connectivity index (χ1) is 14.9. The van der Waals surface area contributed by atoms with E-state index >= 15 is 0 Å². The van der Waals surface area contributed by atoms with E-state index in [0.717, 1.165) is 9.91 Å². The number of nitrogens with one attached hydrogen (secondary N) is 1. The van der Waals surface area contributed by atoms with Gasteiger partial charge in [0.25, 0.3) is 11.8 Å². The summed E-state index contributed by atoms with van der Waals surface area (Å²) in [4.78, 5) is 51.1. The summed E-state index contributed by atoms with van der Waals surface area (Å²) in [5, 5.41) is 11.9. The zero-order valence-electron chi connectivity index (χ0n) is 16.2. The smallest absolute Gasteiger partial charge is 0.339 e. The van der Waals surface area contributed by atoms with Crippen LogP contribution >= 0.6 is 11.6 Å². The highest BCUT2D eigenvalue weighted by molar-refractivity contribution is 6.31. The molecule has 1 N–H and O–H groups in total. The van der Waals surface area contributed by atoms with Crippen molar-refractivity contribution in [2.24, 2.45) is 10.3 Å². The van der Waals surface area contributed by atoms with Gasteiger partial charge in [-0.25, -0.2) is 9.69 Å². The molecule has 1 fully saturated rings. The molecule has 2 aliphatic rings. The van der Waals surface area contributed by atoms with Crippen LogP contribution in [0.5, 0.6) is 0 Å². The van der Waals surface area contributed by atoms with Gasteiger partial charge in [0.2, 0.25) is 5.91 Å². The van der Waals surface area contributed by atoms with E-state index in [1.54, 1.807) is 42.5 Å². The summed E-state index contributed by atoms with van der Waals surface area (Å²) in [7, 11) is 1.24. The molecule has 0 spiro atoms. The fraction of sp³-hybridized carbons (Fsp3) is 0.200. The van der Waals surface area contributed by atoms with Gasteiger partial charge in [-0.3, -0.25) is 19.4 Å². The highest BCUT2D eigenvalue weighted by Crippen LogP contribution is 2.32. The third-order valence-electron chi connectivity index (χ3n) is 4.85. The molecule has 31 heavy (non-hydrogen) atoms. The molecule has 3 amide bonds.